The molecule has 0 aliphatic rings. The highest BCUT2D eigenvalue weighted by atomic mass is 35.5. The van der Waals surface area contributed by atoms with Crippen LogP contribution in [0.4, 0.5) is 0 Å². The topological polar surface area (TPSA) is 52.1 Å². The van der Waals surface area contributed by atoms with E-state index in [1.54, 1.807) is 24.6 Å². The number of thiophene rings is 1. The van der Waals surface area contributed by atoms with Crippen molar-refractivity contribution in [3.05, 3.63) is 34.4 Å². The Bertz CT molecular complexity index is 782. The van der Waals surface area contributed by atoms with Crippen LogP contribution in [-0.4, -0.2) is 22.5 Å². The van der Waals surface area contributed by atoms with Gasteiger partial charge in [0.05, 0.1) is 26.7 Å². The minimum absolute atomic E-state index is 0.336. The molecule has 0 atom stereocenters. The normalized spacial score (nSPS) is 10.9. The lowest BCUT2D eigenvalue weighted by Crippen LogP contribution is -2.04. The van der Waals surface area contributed by atoms with Gasteiger partial charge in [0.2, 0.25) is 0 Å². The molecule has 0 aliphatic carbocycles. The number of halogens is 1. The van der Waals surface area contributed by atoms with Gasteiger partial charge >= 0.3 is 5.97 Å². The zero-order valence-corrected chi connectivity index (χ0v) is 12.8. The van der Waals surface area contributed by atoms with Gasteiger partial charge in [-0.2, -0.15) is 0 Å². The van der Waals surface area contributed by atoms with Crippen molar-refractivity contribution in [2.24, 2.45) is 0 Å². The third-order valence-corrected chi connectivity index (χ3v) is 5.16. The van der Waals surface area contributed by atoms with Gasteiger partial charge in [-0.15, -0.1) is 22.7 Å². The maximum atomic E-state index is 11.6. The summed E-state index contributed by atoms with van der Waals surface area (Å²) in [5.74, 6) is -0.396. The van der Waals surface area contributed by atoms with E-state index in [1.807, 2.05) is 6.07 Å². The Hall–Kier alpha value is -1.50. The second kappa shape index (κ2) is 5.47. The lowest BCUT2D eigenvalue weighted by atomic mass is 10.4. The lowest BCUT2D eigenvalue weighted by molar-refractivity contribution is 0.0520. The van der Waals surface area contributed by atoms with Crippen LogP contribution in [0.15, 0.2) is 23.7 Å². The van der Waals surface area contributed by atoms with Crippen molar-refractivity contribution < 1.29 is 9.53 Å². The predicted octanol–water partition coefficient (Wildman–Crippen LogP) is 4.25. The van der Waals surface area contributed by atoms with E-state index < -0.39 is 5.97 Å². The molecule has 3 heterocycles. The van der Waals surface area contributed by atoms with Gasteiger partial charge in [-0.1, -0.05) is 11.6 Å². The highest BCUT2D eigenvalue weighted by molar-refractivity contribution is 7.25. The first-order valence-electron chi connectivity index (χ1n) is 5.86. The summed E-state index contributed by atoms with van der Waals surface area (Å²) in [4.78, 5) is 21.1. The van der Waals surface area contributed by atoms with E-state index in [2.05, 4.69) is 9.97 Å². The number of carbonyl (C=O) groups excluding carboxylic acids is 1. The molecule has 0 radical (unpaired) electrons. The Labute approximate surface area is 128 Å². The number of fused-ring (bicyclic) bond motifs is 1. The summed E-state index contributed by atoms with van der Waals surface area (Å²) in [6.07, 6.45) is 1.67. The number of nitrogens with zero attached hydrogens (tertiary/aromatic N) is 2. The van der Waals surface area contributed by atoms with Crippen LogP contribution in [0.5, 0.6) is 0 Å². The van der Waals surface area contributed by atoms with Crippen LogP contribution in [0.2, 0.25) is 5.02 Å². The first-order valence-corrected chi connectivity index (χ1v) is 7.93. The monoisotopic (exact) mass is 324 g/mol. The van der Waals surface area contributed by atoms with Crippen LogP contribution < -0.4 is 0 Å². The molecule has 0 aromatic carbocycles. The molecule has 102 valence electrons. The maximum absolute atomic E-state index is 11.6. The summed E-state index contributed by atoms with van der Waals surface area (Å²) in [7, 11) is 0. The van der Waals surface area contributed by atoms with Crippen molar-refractivity contribution in [3.8, 4) is 9.88 Å². The SMILES string of the molecule is CCOC(=O)c1csc(-c2cc3nccc(Cl)c3s2)n1. The first-order chi connectivity index (χ1) is 9.69. The van der Waals surface area contributed by atoms with Gasteiger partial charge in [-0.05, 0) is 19.1 Å². The predicted molar refractivity (Wildman–Crippen MR) is 81.7 cm³/mol. The number of rotatable bonds is 3. The van der Waals surface area contributed by atoms with Crippen LogP contribution in [0.25, 0.3) is 20.1 Å². The quantitative estimate of drug-likeness (QED) is 0.676. The molecule has 0 aliphatic heterocycles. The fourth-order valence-electron chi connectivity index (χ4n) is 1.70. The van der Waals surface area contributed by atoms with E-state index in [-0.39, 0.29) is 0 Å². The third kappa shape index (κ3) is 2.42. The van der Waals surface area contributed by atoms with Gasteiger partial charge < -0.3 is 4.74 Å². The van der Waals surface area contributed by atoms with E-state index in [0.29, 0.717) is 17.3 Å². The van der Waals surface area contributed by atoms with Gasteiger partial charge in [0.15, 0.2) is 5.69 Å². The highest BCUT2D eigenvalue weighted by Crippen LogP contribution is 2.37. The third-order valence-electron chi connectivity index (χ3n) is 2.56. The number of pyridine rings is 1. The van der Waals surface area contributed by atoms with Gasteiger partial charge in [0.25, 0.3) is 0 Å². The molecule has 0 saturated heterocycles. The molecule has 0 amide bonds. The summed E-state index contributed by atoms with van der Waals surface area (Å²) in [6, 6.07) is 3.69. The van der Waals surface area contributed by atoms with Crippen molar-refractivity contribution in [2.75, 3.05) is 6.61 Å². The molecule has 0 bridgehead atoms. The number of ether oxygens (including phenoxy) is 1. The van der Waals surface area contributed by atoms with Gasteiger partial charge in [0.1, 0.15) is 5.01 Å². The molecule has 0 N–H and O–H groups in total. The minimum Gasteiger partial charge on any atom is -0.461 e. The Morgan fingerprint density at radius 3 is 3.10 bits per heavy atom. The van der Waals surface area contributed by atoms with E-state index >= 15 is 0 Å². The minimum atomic E-state index is -0.396. The van der Waals surface area contributed by atoms with Crippen LogP contribution in [-0.2, 0) is 4.74 Å². The summed E-state index contributed by atoms with van der Waals surface area (Å²) < 4.78 is 5.86. The molecular formula is C13H9ClN2O2S2. The molecule has 0 spiro atoms. The Morgan fingerprint density at radius 1 is 1.50 bits per heavy atom. The Morgan fingerprint density at radius 2 is 2.35 bits per heavy atom. The van der Waals surface area contributed by atoms with Gasteiger partial charge in [-0.25, -0.2) is 9.78 Å². The van der Waals surface area contributed by atoms with E-state index in [0.717, 1.165) is 20.1 Å². The second-order valence-electron chi connectivity index (χ2n) is 3.88. The van der Waals surface area contributed by atoms with E-state index in [1.165, 1.54) is 22.7 Å². The smallest absolute Gasteiger partial charge is 0.357 e. The van der Waals surface area contributed by atoms with Crippen LogP contribution in [0, 0.1) is 0 Å². The van der Waals surface area contributed by atoms with Crippen molar-refractivity contribution in [1.29, 1.82) is 0 Å². The summed E-state index contributed by atoms with van der Waals surface area (Å²) in [6.45, 7) is 2.11. The molecule has 7 heteroatoms. The first kappa shape index (κ1) is 13.5. The van der Waals surface area contributed by atoms with Crippen molar-refractivity contribution in [2.45, 2.75) is 6.92 Å². The zero-order valence-electron chi connectivity index (χ0n) is 10.4. The molecular weight excluding hydrogens is 316 g/mol. The number of thiazole rings is 1. The molecule has 0 saturated carbocycles. The van der Waals surface area contributed by atoms with E-state index in [4.69, 9.17) is 16.3 Å². The fraction of sp³-hybridized carbons (Fsp3) is 0.154. The molecule has 3 aromatic rings. The Kier molecular flexibility index (Phi) is 3.69. The van der Waals surface area contributed by atoms with Gasteiger partial charge in [0, 0.05) is 11.6 Å². The molecule has 4 nitrogen and oxygen atoms in total. The number of hydrogen-bond donors (Lipinski definition) is 0. The number of hydrogen-bond acceptors (Lipinski definition) is 6. The maximum Gasteiger partial charge on any atom is 0.357 e. The average molecular weight is 325 g/mol. The van der Waals surface area contributed by atoms with Gasteiger partial charge in [-0.3, -0.25) is 4.98 Å². The van der Waals surface area contributed by atoms with Crippen LogP contribution in [0.1, 0.15) is 17.4 Å². The van der Waals surface area contributed by atoms with Crippen molar-refractivity contribution in [3.63, 3.8) is 0 Å². The second-order valence-corrected chi connectivity index (χ2v) is 6.19. The number of aromatic nitrogens is 2. The number of esters is 1. The highest BCUT2D eigenvalue weighted by Gasteiger charge is 2.15. The zero-order chi connectivity index (χ0) is 14.1. The standard InChI is InChI=1S/C13H9ClN2O2S2/c1-2-18-13(17)9-6-19-12(16-9)10-5-8-11(20-10)7(14)3-4-15-8/h3-6H,2H2,1H3. The lowest BCUT2D eigenvalue weighted by Gasteiger charge is -1.95. The average Bonchev–Trinajstić information content (AvgIpc) is 3.06. The van der Waals surface area contributed by atoms with Crippen molar-refractivity contribution in [1.82, 2.24) is 9.97 Å². The summed E-state index contributed by atoms with van der Waals surface area (Å²) in [5.41, 5.74) is 1.17. The fourth-order valence-corrected chi connectivity index (χ4v) is 3.84. The number of carbonyl (C=O) groups is 1. The molecule has 3 aromatic heterocycles. The molecule has 20 heavy (non-hydrogen) atoms. The Balaban J connectivity index is 1.99. The molecule has 3 rings (SSSR count). The van der Waals surface area contributed by atoms with E-state index in [9.17, 15) is 4.79 Å². The largest absolute Gasteiger partial charge is 0.461 e. The summed E-state index contributed by atoms with van der Waals surface area (Å²) in [5, 5.41) is 3.15. The summed E-state index contributed by atoms with van der Waals surface area (Å²) >= 11 is 9.06. The van der Waals surface area contributed by atoms with Crippen molar-refractivity contribution >= 4 is 50.5 Å². The molecule has 0 fully saturated rings. The molecule has 0 unspecified atom stereocenters. The van der Waals surface area contributed by atoms with Crippen LogP contribution >= 0.6 is 34.3 Å². The van der Waals surface area contributed by atoms with Crippen LogP contribution in [0.3, 0.4) is 0 Å².